The quantitative estimate of drug-likeness (QED) is 0.864. The summed E-state index contributed by atoms with van der Waals surface area (Å²) in [4.78, 5) is 24.6. The van der Waals surface area contributed by atoms with Crippen molar-refractivity contribution in [2.24, 2.45) is 0 Å². The highest BCUT2D eigenvalue weighted by molar-refractivity contribution is 5.92. The van der Waals surface area contributed by atoms with Crippen LogP contribution in [-0.4, -0.2) is 43.1 Å². The molecule has 0 spiro atoms. The van der Waals surface area contributed by atoms with Gasteiger partial charge in [0.05, 0.1) is 7.11 Å². The van der Waals surface area contributed by atoms with Gasteiger partial charge >= 0.3 is 6.09 Å². The van der Waals surface area contributed by atoms with Crippen molar-refractivity contribution < 1.29 is 18.7 Å². The van der Waals surface area contributed by atoms with Crippen LogP contribution >= 0.6 is 0 Å². The summed E-state index contributed by atoms with van der Waals surface area (Å²) in [5.74, 6) is -0.613. The van der Waals surface area contributed by atoms with Gasteiger partial charge < -0.3 is 15.0 Å². The summed E-state index contributed by atoms with van der Waals surface area (Å²) in [7, 11) is 1.33. The molecule has 6 heteroatoms. The van der Waals surface area contributed by atoms with Gasteiger partial charge in [0.2, 0.25) is 5.91 Å². The van der Waals surface area contributed by atoms with Crippen molar-refractivity contribution in [2.45, 2.75) is 12.5 Å². The third-order valence-electron chi connectivity index (χ3n) is 3.24. The molecule has 112 valence electrons. The Balaban J connectivity index is 1.84. The molecule has 0 bridgehead atoms. The van der Waals surface area contributed by atoms with E-state index in [1.807, 2.05) is 0 Å². The Hall–Kier alpha value is -2.37. The van der Waals surface area contributed by atoms with Crippen LogP contribution in [0.15, 0.2) is 30.3 Å². The molecular weight excluding hydrogens is 275 g/mol. The Morgan fingerprint density at radius 3 is 3.00 bits per heavy atom. The molecule has 1 N–H and O–H groups in total. The molecule has 1 aromatic carbocycles. The Bertz CT molecular complexity index is 560. The maximum Gasteiger partial charge on any atom is 0.409 e. The predicted octanol–water partition coefficient (Wildman–Crippen LogP) is 1.80. The molecule has 2 rings (SSSR count). The third-order valence-corrected chi connectivity index (χ3v) is 3.24. The summed E-state index contributed by atoms with van der Waals surface area (Å²) in [6.45, 7) is 0.997. The standard InChI is InChI=1S/C15H17FN2O3/c1-21-15(20)18-8-7-13(10-18)17-14(19)6-5-11-3-2-4-12(16)9-11/h2-6,9,13H,7-8,10H2,1H3,(H,17,19)/b6-5-/t13-/m0/s1. The van der Waals surface area contributed by atoms with E-state index in [4.69, 9.17) is 0 Å². The van der Waals surface area contributed by atoms with E-state index in [0.717, 1.165) is 0 Å². The number of ether oxygens (including phenoxy) is 1. The highest BCUT2D eigenvalue weighted by Gasteiger charge is 2.27. The molecule has 0 saturated carbocycles. The molecule has 1 aromatic rings. The minimum atomic E-state index is -0.387. The fourth-order valence-electron chi connectivity index (χ4n) is 2.20. The molecule has 1 aliphatic rings. The van der Waals surface area contributed by atoms with Crippen LogP contribution in [0.2, 0.25) is 0 Å². The number of carbonyl (C=O) groups is 2. The minimum Gasteiger partial charge on any atom is -0.453 e. The number of hydrogen-bond acceptors (Lipinski definition) is 3. The van der Waals surface area contributed by atoms with E-state index >= 15 is 0 Å². The summed E-state index contributed by atoms with van der Waals surface area (Å²) in [5, 5.41) is 2.80. The summed E-state index contributed by atoms with van der Waals surface area (Å²) in [6, 6.07) is 5.89. The van der Waals surface area contributed by atoms with Gasteiger partial charge in [-0.25, -0.2) is 9.18 Å². The molecule has 0 aliphatic carbocycles. The normalized spacial score (nSPS) is 18.0. The van der Waals surface area contributed by atoms with Gasteiger partial charge in [-0.2, -0.15) is 0 Å². The molecular formula is C15H17FN2O3. The molecule has 2 amide bonds. The highest BCUT2D eigenvalue weighted by Crippen LogP contribution is 2.10. The topological polar surface area (TPSA) is 58.6 Å². The SMILES string of the molecule is COC(=O)N1CC[C@H](NC(=O)/C=C\c2cccc(F)c2)C1. The van der Waals surface area contributed by atoms with Gasteiger partial charge in [-0.1, -0.05) is 12.1 Å². The number of hydrogen-bond donors (Lipinski definition) is 1. The number of benzene rings is 1. The number of methoxy groups -OCH3 is 1. The molecule has 1 aliphatic heterocycles. The number of likely N-dealkylation sites (tertiary alicyclic amines) is 1. The van der Waals surface area contributed by atoms with Crippen LogP contribution < -0.4 is 5.32 Å². The van der Waals surface area contributed by atoms with Crippen molar-refractivity contribution in [3.63, 3.8) is 0 Å². The lowest BCUT2D eigenvalue weighted by atomic mass is 10.2. The zero-order chi connectivity index (χ0) is 15.2. The number of amides is 2. The number of nitrogens with zero attached hydrogens (tertiary/aromatic N) is 1. The molecule has 5 nitrogen and oxygen atoms in total. The maximum atomic E-state index is 13.0. The van der Waals surface area contributed by atoms with Crippen LogP contribution in [0.5, 0.6) is 0 Å². The molecule has 0 radical (unpaired) electrons. The first-order chi connectivity index (χ1) is 10.1. The van der Waals surface area contributed by atoms with Crippen molar-refractivity contribution in [2.75, 3.05) is 20.2 Å². The van der Waals surface area contributed by atoms with Gasteiger partial charge in [-0.15, -0.1) is 0 Å². The summed E-state index contributed by atoms with van der Waals surface area (Å²) < 4.78 is 17.6. The molecule has 0 unspecified atom stereocenters. The number of rotatable bonds is 3. The van der Waals surface area contributed by atoms with E-state index in [1.165, 1.54) is 25.3 Å². The van der Waals surface area contributed by atoms with E-state index in [0.29, 0.717) is 25.1 Å². The highest BCUT2D eigenvalue weighted by atomic mass is 19.1. The van der Waals surface area contributed by atoms with Crippen molar-refractivity contribution in [3.05, 3.63) is 41.7 Å². The first kappa shape index (κ1) is 15.0. The number of halogens is 1. The molecule has 0 aromatic heterocycles. The van der Waals surface area contributed by atoms with Crippen LogP contribution in [-0.2, 0) is 9.53 Å². The zero-order valence-electron chi connectivity index (χ0n) is 11.7. The smallest absolute Gasteiger partial charge is 0.409 e. The minimum absolute atomic E-state index is 0.0891. The van der Waals surface area contributed by atoms with Gasteiger partial charge in [-0.3, -0.25) is 4.79 Å². The second kappa shape index (κ2) is 6.88. The Morgan fingerprint density at radius 2 is 2.29 bits per heavy atom. The Kier molecular flexibility index (Phi) is 4.92. The second-order valence-electron chi connectivity index (χ2n) is 4.80. The van der Waals surface area contributed by atoms with Crippen molar-refractivity contribution in [1.82, 2.24) is 10.2 Å². The maximum absolute atomic E-state index is 13.0. The Morgan fingerprint density at radius 1 is 1.48 bits per heavy atom. The van der Waals surface area contributed by atoms with E-state index in [9.17, 15) is 14.0 Å². The van der Waals surface area contributed by atoms with E-state index in [2.05, 4.69) is 10.1 Å². The average Bonchev–Trinajstić information content (AvgIpc) is 2.93. The van der Waals surface area contributed by atoms with E-state index in [1.54, 1.807) is 23.1 Å². The van der Waals surface area contributed by atoms with E-state index in [-0.39, 0.29) is 23.9 Å². The van der Waals surface area contributed by atoms with Crippen molar-refractivity contribution in [1.29, 1.82) is 0 Å². The van der Waals surface area contributed by atoms with Crippen molar-refractivity contribution in [3.8, 4) is 0 Å². The van der Waals surface area contributed by atoms with Crippen LogP contribution in [0.25, 0.3) is 6.08 Å². The second-order valence-corrected chi connectivity index (χ2v) is 4.80. The van der Waals surface area contributed by atoms with Gasteiger partial charge in [0.1, 0.15) is 5.82 Å². The largest absolute Gasteiger partial charge is 0.453 e. The zero-order valence-corrected chi connectivity index (χ0v) is 11.7. The molecule has 21 heavy (non-hydrogen) atoms. The summed E-state index contributed by atoms with van der Waals surface area (Å²) >= 11 is 0. The van der Waals surface area contributed by atoms with Crippen molar-refractivity contribution >= 4 is 18.1 Å². The fourth-order valence-corrected chi connectivity index (χ4v) is 2.20. The molecule has 1 saturated heterocycles. The van der Waals surface area contributed by atoms with Gasteiger partial charge in [0, 0.05) is 25.2 Å². The van der Waals surface area contributed by atoms with Crippen LogP contribution in [0.1, 0.15) is 12.0 Å². The monoisotopic (exact) mass is 292 g/mol. The summed E-state index contributed by atoms with van der Waals surface area (Å²) in [5.41, 5.74) is 0.618. The molecule has 1 fully saturated rings. The third kappa shape index (κ3) is 4.30. The first-order valence-electron chi connectivity index (χ1n) is 6.65. The van der Waals surface area contributed by atoms with Gasteiger partial charge in [0.15, 0.2) is 0 Å². The lowest BCUT2D eigenvalue weighted by Crippen LogP contribution is -2.37. The molecule has 1 atom stereocenters. The van der Waals surface area contributed by atoms with E-state index < -0.39 is 0 Å². The van der Waals surface area contributed by atoms with Gasteiger partial charge in [0.25, 0.3) is 0 Å². The Labute approximate surface area is 122 Å². The van der Waals surface area contributed by atoms with Gasteiger partial charge in [-0.05, 0) is 30.2 Å². The van der Waals surface area contributed by atoms with Crippen LogP contribution in [0.3, 0.4) is 0 Å². The van der Waals surface area contributed by atoms with Crippen LogP contribution in [0, 0.1) is 5.82 Å². The number of carbonyl (C=O) groups excluding carboxylic acids is 2. The van der Waals surface area contributed by atoms with Crippen LogP contribution in [0.4, 0.5) is 9.18 Å². The fraction of sp³-hybridized carbons (Fsp3) is 0.333. The lowest BCUT2D eigenvalue weighted by Gasteiger charge is -2.14. The molecule has 1 heterocycles. The summed E-state index contributed by atoms with van der Waals surface area (Å²) in [6.07, 6.45) is 3.21. The lowest BCUT2D eigenvalue weighted by molar-refractivity contribution is -0.117. The number of nitrogens with one attached hydrogen (secondary N) is 1. The average molecular weight is 292 g/mol. The predicted molar refractivity (Wildman–Crippen MR) is 76.0 cm³/mol. The first-order valence-corrected chi connectivity index (χ1v) is 6.65.